The Morgan fingerprint density at radius 2 is 1.96 bits per heavy atom. The van der Waals surface area contributed by atoms with Gasteiger partial charge in [-0.1, -0.05) is 25.5 Å². The van der Waals surface area contributed by atoms with E-state index in [9.17, 15) is 4.79 Å². The molecule has 0 saturated carbocycles. The summed E-state index contributed by atoms with van der Waals surface area (Å²) in [7, 11) is 4.10. The Morgan fingerprint density at radius 3 is 2.52 bits per heavy atom. The summed E-state index contributed by atoms with van der Waals surface area (Å²) in [5, 5.41) is 2.90. The van der Waals surface area contributed by atoms with E-state index in [0.29, 0.717) is 19.6 Å². The van der Waals surface area contributed by atoms with E-state index in [-0.39, 0.29) is 5.91 Å². The van der Waals surface area contributed by atoms with Gasteiger partial charge >= 0.3 is 0 Å². The number of amides is 1. The highest BCUT2D eigenvalue weighted by Gasteiger charge is 2.26. The van der Waals surface area contributed by atoms with Crippen LogP contribution in [0.4, 0.5) is 0 Å². The van der Waals surface area contributed by atoms with Crippen LogP contribution in [-0.4, -0.2) is 43.6 Å². The smallest absolute Gasteiger partial charge is 0.240 e. The average molecular weight is 321 g/mol. The molecule has 0 aromatic heterocycles. The van der Waals surface area contributed by atoms with Gasteiger partial charge < -0.3 is 20.7 Å². The molecule has 0 bridgehead atoms. The molecule has 1 amide bonds. The minimum atomic E-state index is -0.801. The van der Waals surface area contributed by atoms with Crippen molar-refractivity contribution in [3.05, 3.63) is 29.8 Å². The molecule has 1 aromatic rings. The molecule has 23 heavy (non-hydrogen) atoms. The molecule has 5 heteroatoms. The Kier molecular flexibility index (Phi) is 8.06. The third-order valence-corrected chi connectivity index (χ3v) is 3.68. The first-order valence-electron chi connectivity index (χ1n) is 8.29. The van der Waals surface area contributed by atoms with Crippen LogP contribution in [0.5, 0.6) is 5.75 Å². The van der Waals surface area contributed by atoms with Crippen molar-refractivity contribution < 1.29 is 9.53 Å². The van der Waals surface area contributed by atoms with Crippen LogP contribution in [0, 0.1) is 0 Å². The number of hydrogen-bond acceptors (Lipinski definition) is 4. The van der Waals surface area contributed by atoms with Crippen LogP contribution in [0.3, 0.4) is 0 Å². The molecule has 0 radical (unpaired) electrons. The van der Waals surface area contributed by atoms with E-state index in [1.807, 2.05) is 31.2 Å². The zero-order valence-electron chi connectivity index (χ0n) is 14.9. The minimum Gasteiger partial charge on any atom is -0.494 e. The van der Waals surface area contributed by atoms with Gasteiger partial charge in [0.05, 0.1) is 12.1 Å². The Hall–Kier alpha value is -1.59. The first kappa shape index (κ1) is 19.5. The number of carbonyl (C=O) groups is 1. The van der Waals surface area contributed by atoms with Crippen LogP contribution >= 0.6 is 0 Å². The van der Waals surface area contributed by atoms with Crippen LogP contribution in [0.1, 0.15) is 38.7 Å². The zero-order chi connectivity index (χ0) is 17.3. The Labute approximate surface area is 140 Å². The van der Waals surface area contributed by atoms with Crippen molar-refractivity contribution in [1.82, 2.24) is 10.2 Å². The standard InChI is InChI=1S/C18H31N3O2/c1-5-11-18(2,19)17(22)20-14-15-7-9-16(10-8-15)23-13-6-12-21(3)4/h7-10H,5-6,11-14,19H2,1-4H3,(H,20,22). The van der Waals surface area contributed by atoms with Gasteiger partial charge in [-0.15, -0.1) is 0 Å². The molecule has 0 aliphatic heterocycles. The van der Waals surface area contributed by atoms with Crippen molar-refractivity contribution >= 4 is 5.91 Å². The van der Waals surface area contributed by atoms with Gasteiger partial charge in [-0.3, -0.25) is 4.79 Å². The summed E-state index contributed by atoms with van der Waals surface area (Å²) in [6.07, 6.45) is 2.57. The lowest BCUT2D eigenvalue weighted by molar-refractivity contribution is -0.126. The van der Waals surface area contributed by atoms with Crippen LogP contribution in [0.25, 0.3) is 0 Å². The molecule has 3 N–H and O–H groups in total. The molecule has 5 nitrogen and oxygen atoms in total. The van der Waals surface area contributed by atoms with Gasteiger partial charge in [-0.25, -0.2) is 0 Å². The molecule has 1 rings (SSSR count). The highest BCUT2D eigenvalue weighted by molar-refractivity contribution is 5.85. The number of carbonyl (C=O) groups excluding carboxylic acids is 1. The summed E-state index contributed by atoms with van der Waals surface area (Å²) < 4.78 is 5.69. The van der Waals surface area contributed by atoms with Crippen molar-refractivity contribution in [3.63, 3.8) is 0 Å². The maximum atomic E-state index is 12.1. The third-order valence-electron chi connectivity index (χ3n) is 3.68. The highest BCUT2D eigenvalue weighted by Crippen LogP contribution is 2.13. The topological polar surface area (TPSA) is 67.6 Å². The molecule has 1 atom stereocenters. The number of nitrogens with two attached hydrogens (primary N) is 1. The Balaban J connectivity index is 2.38. The first-order chi connectivity index (χ1) is 10.8. The van der Waals surface area contributed by atoms with Gasteiger partial charge in [0.2, 0.25) is 5.91 Å². The monoisotopic (exact) mass is 321 g/mol. The van der Waals surface area contributed by atoms with Crippen LogP contribution in [0.15, 0.2) is 24.3 Å². The molecule has 0 heterocycles. The number of benzene rings is 1. The summed E-state index contributed by atoms with van der Waals surface area (Å²) in [5.74, 6) is 0.747. The predicted octanol–water partition coefficient (Wildman–Crippen LogP) is 2.15. The van der Waals surface area contributed by atoms with E-state index in [0.717, 1.165) is 30.7 Å². The molecule has 0 fully saturated rings. The van der Waals surface area contributed by atoms with Crippen LogP contribution in [0.2, 0.25) is 0 Å². The summed E-state index contributed by atoms with van der Waals surface area (Å²) in [6.45, 7) is 6.00. The summed E-state index contributed by atoms with van der Waals surface area (Å²) in [4.78, 5) is 14.2. The van der Waals surface area contributed by atoms with Crippen molar-refractivity contribution in [2.24, 2.45) is 5.73 Å². The van der Waals surface area contributed by atoms with Gasteiger partial charge in [0.25, 0.3) is 0 Å². The van der Waals surface area contributed by atoms with Crippen molar-refractivity contribution in [1.29, 1.82) is 0 Å². The number of nitrogens with zero attached hydrogens (tertiary/aromatic N) is 1. The molecule has 0 aliphatic rings. The number of nitrogens with one attached hydrogen (secondary N) is 1. The van der Waals surface area contributed by atoms with Gasteiger partial charge in [-0.2, -0.15) is 0 Å². The van der Waals surface area contributed by atoms with Gasteiger partial charge in [0.1, 0.15) is 5.75 Å². The Bertz CT molecular complexity index is 470. The molecular formula is C18H31N3O2. The number of rotatable bonds is 10. The Morgan fingerprint density at radius 1 is 1.30 bits per heavy atom. The fraction of sp³-hybridized carbons (Fsp3) is 0.611. The predicted molar refractivity (Wildman–Crippen MR) is 94.5 cm³/mol. The molecule has 0 spiro atoms. The normalized spacial score (nSPS) is 13.7. The van der Waals surface area contributed by atoms with E-state index >= 15 is 0 Å². The second-order valence-corrected chi connectivity index (χ2v) is 6.50. The van der Waals surface area contributed by atoms with Gasteiger partial charge in [-0.05, 0) is 51.6 Å². The van der Waals surface area contributed by atoms with E-state index in [1.54, 1.807) is 6.92 Å². The van der Waals surface area contributed by atoms with Crippen LogP contribution < -0.4 is 15.8 Å². The third kappa shape index (κ3) is 7.48. The number of hydrogen-bond donors (Lipinski definition) is 2. The highest BCUT2D eigenvalue weighted by atomic mass is 16.5. The largest absolute Gasteiger partial charge is 0.494 e. The molecular weight excluding hydrogens is 290 g/mol. The van der Waals surface area contributed by atoms with E-state index in [2.05, 4.69) is 24.3 Å². The molecule has 0 saturated heterocycles. The summed E-state index contributed by atoms with van der Waals surface area (Å²) in [6, 6.07) is 7.81. The lowest BCUT2D eigenvalue weighted by Crippen LogP contribution is -2.51. The minimum absolute atomic E-state index is 0.108. The summed E-state index contributed by atoms with van der Waals surface area (Å²) >= 11 is 0. The fourth-order valence-electron chi connectivity index (χ4n) is 2.29. The zero-order valence-corrected chi connectivity index (χ0v) is 14.9. The van der Waals surface area contributed by atoms with Crippen molar-refractivity contribution in [3.8, 4) is 5.75 Å². The maximum Gasteiger partial charge on any atom is 0.240 e. The second-order valence-electron chi connectivity index (χ2n) is 6.50. The van der Waals surface area contributed by atoms with E-state index in [4.69, 9.17) is 10.5 Å². The van der Waals surface area contributed by atoms with Crippen LogP contribution in [-0.2, 0) is 11.3 Å². The molecule has 1 aromatic carbocycles. The van der Waals surface area contributed by atoms with E-state index in [1.165, 1.54) is 0 Å². The number of ether oxygens (including phenoxy) is 1. The lowest BCUT2D eigenvalue weighted by Gasteiger charge is -2.22. The van der Waals surface area contributed by atoms with Crippen molar-refractivity contribution in [2.45, 2.75) is 45.2 Å². The maximum absolute atomic E-state index is 12.1. The molecule has 130 valence electrons. The quantitative estimate of drug-likeness (QED) is 0.648. The average Bonchev–Trinajstić information content (AvgIpc) is 2.50. The van der Waals surface area contributed by atoms with Crippen molar-refractivity contribution in [2.75, 3.05) is 27.2 Å². The van der Waals surface area contributed by atoms with Gasteiger partial charge in [0.15, 0.2) is 0 Å². The van der Waals surface area contributed by atoms with E-state index < -0.39 is 5.54 Å². The fourth-order valence-corrected chi connectivity index (χ4v) is 2.29. The molecule has 1 unspecified atom stereocenters. The summed E-state index contributed by atoms with van der Waals surface area (Å²) in [5.41, 5.74) is 6.25. The lowest BCUT2D eigenvalue weighted by atomic mass is 9.96. The van der Waals surface area contributed by atoms with Gasteiger partial charge in [0, 0.05) is 13.1 Å². The molecule has 0 aliphatic carbocycles. The first-order valence-corrected chi connectivity index (χ1v) is 8.29. The second kappa shape index (κ2) is 9.53. The SMILES string of the molecule is CCCC(C)(N)C(=O)NCc1ccc(OCCCN(C)C)cc1.